The van der Waals surface area contributed by atoms with Crippen molar-refractivity contribution in [3.8, 4) is 17.8 Å². The van der Waals surface area contributed by atoms with Gasteiger partial charge in [0.2, 0.25) is 5.95 Å². The maximum Gasteiger partial charge on any atom is 0.330 e. The van der Waals surface area contributed by atoms with Crippen molar-refractivity contribution in [3.05, 3.63) is 29.8 Å². The van der Waals surface area contributed by atoms with Gasteiger partial charge in [-0.05, 0) is 19.1 Å². The Bertz CT molecular complexity index is 632. The molecule has 0 unspecified atom stereocenters. The standard InChI is InChI=1S/C12H13N5O3/c1-2-19-11-15-10(14)16-12(17-11)20-8-6-4-3-5-7(8)9(13)18/h3-6H,2H2,1H3,(H2,13,18)(H2,14,15,16,17). The van der Waals surface area contributed by atoms with Gasteiger partial charge in [-0.1, -0.05) is 12.1 Å². The van der Waals surface area contributed by atoms with Crippen molar-refractivity contribution in [1.82, 2.24) is 15.0 Å². The second-order valence-corrected chi connectivity index (χ2v) is 3.65. The van der Waals surface area contributed by atoms with Gasteiger partial charge in [0, 0.05) is 0 Å². The van der Waals surface area contributed by atoms with Crippen LogP contribution >= 0.6 is 0 Å². The Morgan fingerprint density at radius 3 is 2.60 bits per heavy atom. The number of benzene rings is 1. The number of carbonyl (C=O) groups excluding carboxylic acids is 1. The Morgan fingerprint density at radius 2 is 1.90 bits per heavy atom. The van der Waals surface area contributed by atoms with Crippen LogP contribution < -0.4 is 20.9 Å². The van der Waals surface area contributed by atoms with Crippen LogP contribution in [0.5, 0.6) is 17.8 Å². The van der Waals surface area contributed by atoms with Gasteiger partial charge in [0.25, 0.3) is 5.91 Å². The summed E-state index contributed by atoms with van der Waals surface area (Å²) in [5.41, 5.74) is 11.0. The predicted molar refractivity (Wildman–Crippen MR) is 70.4 cm³/mol. The van der Waals surface area contributed by atoms with E-state index in [1.807, 2.05) is 0 Å². The minimum atomic E-state index is -0.618. The van der Waals surface area contributed by atoms with E-state index in [4.69, 9.17) is 20.9 Å². The van der Waals surface area contributed by atoms with E-state index in [9.17, 15) is 4.79 Å². The van der Waals surface area contributed by atoms with Crippen LogP contribution in [-0.4, -0.2) is 27.5 Å². The molecule has 8 heteroatoms. The van der Waals surface area contributed by atoms with Gasteiger partial charge in [-0.25, -0.2) is 0 Å². The molecule has 4 N–H and O–H groups in total. The molecule has 8 nitrogen and oxygen atoms in total. The summed E-state index contributed by atoms with van der Waals surface area (Å²) >= 11 is 0. The number of rotatable bonds is 5. The molecule has 2 rings (SSSR count). The number of nitrogens with two attached hydrogens (primary N) is 2. The summed E-state index contributed by atoms with van der Waals surface area (Å²) in [5, 5.41) is 0. The molecule has 0 aliphatic heterocycles. The van der Waals surface area contributed by atoms with E-state index in [1.54, 1.807) is 25.1 Å². The van der Waals surface area contributed by atoms with Gasteiger partial charge in [0.1, 0.15) is 5.75 Å². The fourth-order valence-corrected chi connectivity index (χ4v) is 1.45. The SMILES string of the molecule is CCOc1nc(N)nc(Oc2ccccc2C(N)=O)n1. The molecule has 1 aromatic carbocycles. The zero-order valence-electron chi connectivity index (χ0n) is 10.7. The number of amides is 1. The number of hydrogen-bond acceptors (Lipinski definition) is 7. The van der Waals surface area contributed by atoms with Crippen LogP contribution in [0.4, 0.5) is 5.95 Å². The number of ether oxygens (including phenoxy) is 2. The van der Waals surface area contributed by atoms with Crippen LogP contribution in [0, 0.1) is 0 Å². The summed E-state index contributed by atoms with van der Waals surface area (Å²) < 4.78 is 10.5. The fourth-order valence-electron chi connectivity index (χ4n) is 1.45. The quantitative estimate of drug-likeness (QED) is 0.824. The minimum absolute atomic E-state index is 0.0463. The molecule has 1 amide bonds. The molecule has 0 radical (unpaired) electrons. The molecular weight excluding hydrogens is 262 g/mol. The number of primary amides is 1. The highest BCUT2D eigenvalue weighted by atomic mass is 16.5. The average molecular weight is 275 g/mol. The van der Waals surface area contributed by atoms with Crippen LogP contribution in [0.2, 0.25) is 0 Å². The maximum atomic E-state index is 11.3. The molecule has 104 valence electrons. The third-order valence-corrected chi connectivity index (χ3v) is 2.24. The van der Waals surface area contributed by atoms with Crippen molar-refractivity contribution in [2.45, 2.75) is 6.92 Å². The van der Waals surface area contributed by atoms with Crippen molar-refractivity contribution >= 4 is 11.9 Å². The molecule has 1 aromatic heterocycles. The molecule has 0 bridgehead atoms. The van der Waals surface area contributed by atoms with Gasteiger partial charge in [-0.2, -0.15) is 9.97 Å². The van der Waals surface area contributed by atoms with Gasteiger partial charge in [0.15, 0.2) is 0 Å². The Kier molecular flexibility index (Phi) is 3.94. The van der Waals surface area contributed by atoms with Crippen molar-refractivity contribution in [3.63, 3.8) is 0 Å². The van der Waals surface area contributed by atoms with E-state index < -0.39 is 5.91 Å². The highest BCUT2D eigenvalue weighted by molar-refractivity contribution is 5.95. The van der Waals surface area contributed by atoms with Gasteiger partial charge in [0.05, 0.1) is 12.2 Å². The highest BCUT2D eigenvalue weighted by Gasteiger charge is 2.12. The molecule has 0 fully saturated rings. The minimum Gasteiger partial charge on any atom is -0.464 e. The third-order valence-electron chi connectivity index (χ3n) is 2.24. The number of aromatic nitrogens is 3. The first kappa shape index (κ1) is 13.5. The summed E-state index contributed by atoms with van der Waals surface area (Å²) in [5.74, 6) is -0.435. The number of carbonyl (C=O) groups is 1. The first-order valence-corrected chi connectivity index (χ1v) is 5.81. The second kappa shape index (κ2) is 5.83. The first-order valence-electron chi connectivity index (χ1n) is 5.81. The van der Waals surface area contributed by atoms with Crippen molar-refractivity contribution in [2.75, 3.05) is 12.3 Å². The fraction of sp³-hybridized carbons (Fsp3) is 0.167. The molecule has 0 aliphatic carbocycles. The van der Waals surface area contributed by atoms with Crippen molar-refractivity contribution in [1.29, 1.82) is 0 Å². The Labute approximate surface area is 114 Å². The van der Waals surface area contributed by atoms with Crippen molar-refractivity contribution in [2.24, 2.45) is 5.73 Å². The van der Waals surface area contributed by atoms with Crippen LogP contribution in [0.1, 0.15) is 17.3 Å². The molecule has 0 aliphatic rings. The zero-order valence-corrected chi connectivity index (χ0v) is 10.7. The molecule has 0 saturated heterocycles. The lowest BCUT2D eigenvalue weighted by Gasteiger charge is -2.08. The normalized spacial score (nSPS) is 10.1. The van der Waals surface area contributed by atoms with E-state index in [0.717, 1.165) is 0 Å². The smallest absolute Gasteiger partial charge is 0.330 e. The molecular formula is C12H13N5O3. The van der Waals surface area contributed by atoms with Gasteiger partial charge >= 0.3 is 12.0 Å². The number of para-hydroxylation sites is 1. The summed E-state index contributed by atoms with van der Waals surface area (Å²) in [7, 11) is 0. The number of hydrogen-bond donors (Lipinski definition) is 2. The molecule has 0 spiro atoms. The van der Waals surface area contributed by atoms with Gasteiger partial charge in [-0.15, -0.1) is 4.98 Å². The maximum absolute atomic E-state index is 11.3. The lowest BCUT2D eigenvalue weighted by atomic mass is 10.2. The van der Waals surface area contributed by atoms with Crippen LogP contribution in [-0.2, 0) is 0 Å². The van der Waals surface area contributed by atoms with E-state index in [-0.39, 0.29) is 29.3 Å². The van der Waals surface area contributed by atoms with Crippen molar-refractivity contribution < 1.29 is 14.3 Å². The monoisotopic (exact) mass is 275 g/mol. The summed E-state index contributed by atoms with van der Waals surface area (Å²) in [6.45, 7) is 2.16. The van der Waals surface area contributed by atoms with E-state index in [0.29, 0.717) is 6.61 Å². The average Bonchev–Trinajstić information content (AvgIpc) is 2.38. The second-order valence-electron chi connectivity index (χ2n) is 3.65. The molecule has 2 aromatic rings. The lowest BCUT2D eigenvalue weighted by molar-refractivity contribution is 0.0998. The number of nitrogens with zero attached hydrogens (tertiary/aromatic N) is 3. The summed E-state index contributed by atoms with van der Waals surface area (Å²) in [4.78, 5) is 22.8. The van der Waals surface area contributed by atoms with E-state index >= 15 is 0 Å². The van der Waals surface area contributed by atoms with Gasteiger partial charge in [-0.3, -0.25) is 4.79 Å². The molecule has 0 atom stereocenters. The summed E-state index contributed by atoms with van der Waals surface area (Å²) in [6.07, 6.45) is 0. The lowest BCUT2D eigenvalue weighted by Crippen LogP contribution is -2.12. The predicted octanol–water partition coefficient (Wildman–Crippen LogP) is 0.744. The molecule has 1 heterocycles. The van der Waals surface area contributed by atoms with Crippen LogP contribution in [0.25, 0.3) is 0 Å². The van der Waals surface area contributed by atoms with Crippen LogP contribution in [0.3, 0.4) is 0 Å². The van der Waals surface area contributed by atoms with E-state index in [2.05, 4.69) is 15.0 Å². The van der Waals surface area contributed by atoms with E-state index in [1.165, 1.54) is 6.07 Å². The van der Waals surface area contributed by atoms with Crippen LogP contribution in [0.15, 0.2) is 24.3 Å². The first-order chi connectivity index (χ1) is 9.60. The summed E-state index contributed by atoms with van der Waals surface area (Å²) in [6, 6.07) is 6.43. The number of nitrogen functional groups attached to an aromatic ring is 1. The zero-order chi connectivity index (χ0) is 14.5. The van der Waals surface area contributed by atoms with Gasteiger partial charge < -0.3 is 20.9 Å². The molecule has 20 heavy (non-hydrogen) atoms. The highest BCUT2D eigenvalue weighted by Crippen LogP contribution is 2.23. The Morgan fingerprint density at radius 1 is 1.20 bits per heavy atom. The topological polar surface area (TPSA) is 126 Å². The molecule has 0 saturated carbocycles. The largest absolute Gasteiger partial charge is 0.464 e. The Hall–Kier alpha value is -2.90. The number of anilines is 1. The Balaban J connectivity index is 2.32. The third kappa shape index (κ3) is 3.10.